The first-order valence-corrected chi connectivity index (χ1v) is 7.74. The lowest BCUT2D eigenvalue weighted by molar-refractivity contribution is 0.102. The third-order valence-corrected chi connectivity index (χ3v) is 3.07. The first-order chi connectivity index (χ1) is 9.87. The highest BCUT2D eigenvalue weighted by Crippen LogP contribution is 2.22. The van der Waals surface area contributed by atoms with Gasteiger partial charge in [-0.2, -0.15) is 4.39 Å². The minimum atomic E-state index is -3.50. The zero-order valence-corrected chi connectivity index (χ0v) is 11.8. The maximum absolute atomic E-state index is 13.4. The third-order valence-electron chi connectivity index (χ3n) is 2.47. The first kappa shape index (κ1) is 14.9. The molecule has 0 aliphatic heterocycles. The Morgan fingerprint density at radius 1 is 1.14 bits per heavy atom. The van der Waals surface area contributed by atoms with Crippen LogP contribution >= 0.6 is 0 Å². The van der Waals surface area contributed by atoms with Crippen molar-refractivity contribution in [1.82, 2.24) is 4.98 Å². The second-order valence-electron chi connectivity index (χ2n) is 4.22. The van der Waals surface area contributed by atoms with Crippen LogP contribution in [-0.2, 0) is 10.0 Å². The van der Waals surface area contributed by atoms with E-state index in [1.54, 1.807) is 12.1 Å². The van der Waals surface area contributed by atoms with Crippen LogP contribution in [0.3, 0.4) is 0 Å². The number of sulfonamides is 1. The molecule has 8 heteroatoms. The van der Waals surface area contributed by atoms with Crippen LogP contribution in [0.2, 0.25) is 0 Å². The van der Waals surface area contributed by atoms with Crippen LogP contribution in [-0.4, -0.2) is 25.6 Å². The summed E-state index contributed by atoms with van der Waals surface area (Å²) in [5.74, 6) is -1.62. The van der Waals surface area contributed by atoms with Crippen LogP contribution in [0, 0.1) is 5.95 Å². The van der Waals surface area contributed by atoms with E-state index in [1.807, 2.05) is 0 Å². The summed E-state index contributed by atoms with van der Waals surface area (Å²) >= 11 is 0. The molecule has 0 saturated heterocycles. The van der Waals surface area contributed by atoms with Gasteiger partial charge in [-0.25, -0.2) is 13.4 Å². The Morgan fingerprint density at radius 2 is 1.81 bits per heavy atom. The molecule has 0 aliphatic carbocycles. The molecule has 1 heterocycles. The molecule has 2 N–H and O–H groups in total. The van der Waals surface area contributed by atoms with Gasteiger partial charge in [-0.15, -0.1) is 0 Å². The quantitative estimate of drug-likeness (QED) is 0.844. The zero-order chi connectivity index (χ0) is 15.5. The van der Waals surface area contributed by atoms with Crippen molar-refractivity contribution < 1.29 is 17.6 Å². The minimum absolute atomic E-state index is 0.192. The summed E-state index contributed by atoms with van der Waals surface area (Å²) in [7, 11) is -3.50. The highest BCUT2D eigenvalue weighted by molar-refractivity contribution is 7.92. The van der Waals surface area contributed by atoms with E-state index in [2.05, 4.69) is 15.0 Å². The number of carbonyl (C=O) groups is 1. The van der Waals surface area contributed by atoms with Crippen LogP contribution in [0.15, 0.2) is 42.6 Å². The molecule has 0 spiro atoms. The zero-order valence-electron chi connectivity index (χ0n) is 11.0. The topological polar surface area (TPSA) is 88.2 Å². The molecule has 0 saturated carbocycles. The van der Waals surface area contributed by atoms with Gasteiger partial charge < -0.3 is 5.32 Å². The summed E-state index contributed by atoms with van der Waals surface area (Å²) in [6.07, 6.45) is 2.22. The number of pyridine rings is 1. The number of anilines is 2. The first-order valence-electron chi connectivity index (χ1n) is 5.85. The second kappa shape index (κ2) is 5.88. The molecule has 0 unspecified atom stereocenters. The molecule has 0 atom stereocenters. The smallest absolute Gasteiger partial charge is 0.260 e. The molecule has 6 nitrogen and oxygen atoms in total. The number of carbonyl (C=O) groups excluding carboxylic acids is 1. The van der Waals surface area contributed by atoms with Gasteiger partial charge in [0.1, 0.15) is 0 Å². The summed E-state index contributed by atoms with van der Waals surface area (Å²) in [6, 6.07) is 8.91. The lowest BCUT2D eigenvalue weighted by Crippen LogP contribution is -2.17. The monoisotopic (exact) mass is 309 g/mol. The second-order valence-corrected chi connectivity index (χ2v) is 5.96. The van der Waals surface area contributed by atoms with Gasteiger partial charge in [-0.05, 0) is 24.3 Å². The van der Waals surface area contributed by atoms with E-state index in [0.717, 1.165) is 6.26 Å². The fourth-order valence-corrected chi connectivity index (χ4v) is 2.20. The number of benzene rings is 1. The van der Waals surface area contributed by atoms with E-state index in [-0.39, 0.29) is 16.9 Å². The average Bonchev–Trinajstić information content (AvgIpc) is 2.40. The Kier molecular flexibility index (Phi) is 4.18. The van der Waals surface area contributed by atoms with Crippen molar-refractivity contribution in [3.8, 4) is 0 Å². The van der Waals surface area contributed by atoms with Gasteiger partial charge in [0, 0.05) is 6.20 Å². The number of amides is 1. The van der Waals surface area contributed by atoms with Crippen molar-refractivity contribution in [1.29, 1.82) is 0 Å². The average molecular weight is 309 g/mol. The standard InChI is InChI=1S/C13H12FN3O3S/c1-21(19,20)17-11-7-3-2-6-10(11)16-13(18)9-5-4-8-15-12(9)14/h2-8,17H,1H3,(H,16,18). The SMILES string of the molecule is CS(=O)(=O)Nc1ccccc1NC(=O)c1cccnc1F. The van der Waals surface area contributed by atoms with E-state index in [0.29, 0.717) is 0 Å². The molecule has 110 valence electrons. The van der Waals surface area contributed by atoms with Gasteiger partial charge in [0.2, 0.25) is 16.0 Å². The van der Waals surface area contributed by atoms with E-state index in [1.165, 1.54) is 30.5 Å². The summed E-state index contributed by atoms with van der Waals surface area (Å²) in [5, 5.41) is 2.44. The Hall–Kier alpha value is -2.48. The number of nitrogens with one attached hydrogen (secondary N) is 2. The van der Waals surface area contributed by atoms with E-state index >= 15 is 0 Å². The summed E-state index contributed by atoms with van der Waals surface area (Å²) < 4.78 is 38.2. The third kappa shape index (κ3) is 3.99. The van der Waals surface area contributed by atoms with Gasteiger partial charge in [0.25, 0.3) is 5.91 Å². The normalized spacial score (nSPS) is 11.0. The fraction of sp³-hybridized carbons (Fsp3) is 0.0769. The number of hydrogen-bond donors (Lipinski definition) is 2. The maximum atomic E-state index is 13.4. The van der Waals surface area contributed by atoms with E-state index in [4.69, 9.17) is 0 Å². The molecule has 1 aromatic carbocycles. The molecular weight excluding hydrogens is 297 g/mol. The van der Waals surface area contributed by atoms with Crippen LogP contribution in [0.4, 0.5) is 15.8 Å². The predicted octanol–water partition coefficient (Wildman–Crippen LogP) is 1.84. The Labute approximate surface area is 121 Å². The number of halogens is 1. The van der Waals surface area contributed by atoms with Crippen LogP contribution in [0.1, 0.15) is 10.4 Å². The van der Waals surface area contributed by atoms with Gasteiger partial charge in [-0.3, -0.25) is 9.52 Å². The van der Waals surface area contributed by atoms with Gasteiger partial charge >= 0.3 is 0 Å². The molecule has 2 aromatic rings. The summed E-state index contributed by atoms with van der Waals surface area (Å²) in [4.78, 5) is 15.4. The molecule has 0 bridgehead atoms. The van der Waals surface area contributed by atoms with Crippen molar-refractivity contribution >= 4 is 27.3 Å². The molecule has 0 aliphatic rings. The van der Waals surface area contributed by atoms with Gasteiger partial charge in [0.05, 0.1) is 23.2 Å². The molecule has 0 radical (unpaired) electrons. The predicted molar refractivity (Wildman–Crippen MR) is 77.1 cm³/mol. The summed E-state index contributed by atoms with van der Waals surface area (Å²) in [5.41, 5.74) is 0.181. The van der Waals surface area contributed by atoms with Gasteiger partial charge in [0.15, 0.2) is 0 Å². The van der Waals surface area contributed by atoms with Gasteiger partial charge in [-0.1, -0.05) is 12.1 Å². The largest absolute Gasteiger partial charge is 0.320 e. The Bertz CT molecular complexity index is 778. The molecule has 0 fully saturated rings. The summed E-state index contributed by atoms with van der Waals surface area (Å²) in [6.45, 7) is 0. The minimum Gasteiger partial charge on any atom is -0.320 e. The van der Waals surface area contributed by atoms with E-state index < -0.39 is 21.9 Å². The molecule has 2 rings (SSSR count). The number of aromatic nitrogens is 1. The molecular formula is C13H12FN3O3S. The fourth-order valence-electron chi connectivity index (χ4n) is 1.63. The molecule has 1 amide bonds. The van der Waals surface area contributed by atoms with Crippen molar-refractivity contribution in [2.75, 3.05) is 16.3 Å². The number of para-hydroxylation sites is 2. The highest BCUT2D eigenvalue weighted by atomic mass is 32.2. The number of rotatable bonds is 4. The molecule has 1 aromatic heterocycles. The van der Waals surface area contributed by atoms with Crippen LogP contribution in [0.25, 0.3) is 0 Å². The maximum Gasteiger partial charge on any atom is 0.260 e. The Balaban J connectivity index is 2.28. The van der Waals surface area contributed by atoms with Crippen LogP contribution in [0.5, 0.6) is 0 Å². The van der Waals surface area contributed by atoms with Crippen molar-refractivity contribution in [3.05, 3.63) is 54.1 Å². The van der Waals surface area contributed by atoms with Crippen molar-refractivity contribution in [2.45, 2.75) is 0 Å². The Morgan fingerprint density at radius 3 is 2.43 bits per heavy atom. The highest BCUT2D eigenvalue weighted by Gasteiger charge is 2.14. The van der Waals surface area contributed by atoms with Crippen molar-refractivity contribution in [2.24, 2.45) is 0 Å². The lowest BCUT2D eigenvalue weighted by atomic mass is 10.2. The lowest BCUT2D eigenvalue weighted by Gasteiger charge is -2.11. The van der Waals surface area contributed by atoms with E-state index in [9.17, 15) is 17.6 Å². The van der Waals surface area contributed by atoms with Crippen molar-refractivity contribution in [3.63, 3.8) is 0 Å². The molecule has 21 heavy (non-hydrogen) atoms. The number of nitrogens with zero attached hydrogens (tertiary/aromatic N) is 1. The number of hydrogen-bond acceptors (Lipinski definition) is 4. The van der Waals surface area contributed by atoms with Crippen LogP contribution < -0.4 is 10.0 Å².